The molecule has 0 atom stereocenters. The van der Waals surface area contributed by atoms with Crippen molar-refractivity contribution in [1.29, 1.82) is 0 Å². The number of aromatic amines is 1. The molecule has 0 saturated carbocycles. The van der Waals surface area contributed by atoms with Crippen molar-refractivity contribution in [3.8, 4) is 0 Å². The zero-order valence-electron chi connectivity index (χ0n) is 15.8. The fourth-order valence-corrected chi connectivity index (χ4v) is 2.89. The predicted molar refractivity (Wildman–Crippen MR) is 106 cm³/mol. The smallest absolute Gasteiger partial charge is 0.290 e. The van der Waals surface area contributed by atoms with Gasteiger partial charge < -0.3 is 5.32 Å². The van der Waals surface area contributed by atoms with Crippen molar-refractivity contribution in [2.75, 3.05) is 6.54 Å². The number of amides is 3. The number of hydrazine groups is 1. The van der Waals surface area contributed by atoms with E-state index < -0.39 is 23.3 Å². The molecule has 29 heavy (non-hydrogen) atoms. The van der Waals surface area contributed by atoms with Crippen LogP contribution in [-0.2, 0) is 4.79 Å². The van der Waals surface area contributed by atoms with Gasteiger partial charge in [-0.1, -0.05) is 35.4 Å². The van der Waals surface area contributed by atoms with Gasteiger partial charge in [-0.05, 0) is 32.0 Å². The van der Waals surface area contributed by atoms with Gasteiger partial charge >= 0.3 is 0 Å². The summed E-state index contributed by atoms with van der Waals surface area (Å²) in [6.45, 7) is 3.42. The van der Waals surface area contributed by atoms with Crippen LogP contribution in [0, 0.1) is 13.8 Å². The Hall–Kier alpha value is -4.01. The number of hydrogen-bond acceptors (Lipinski definition) is 5. The molecular formula is C20H19N5O4. The SMILES string of the molecule is Cc1cc(C)cc(C(=O)NCC(=O)NNC(=O)c2n[nH]c(=O)c3ccccc23)c1. The Morgan fingerprint density at radius 1 is 0.931 bits per heavy atom. The Morgan fingerprint density at radius 3 is 2.28 bits per heavy atom. The highest BCUT2D eigenvalue weighted by atomic mass is 16.2. The molecule has 0 bridgehead atoms. The van der Waals surface area contributed by atoms with Crippen LogP contribution in [0.4, 0.5) is 0 Å². The van der Waals surface area contributed by atoms with Crippen molar-refractivity contribution in [2.45, 2.75) is 13.8 Å². The standard InChI is InChI=1S/C20H19N5O4/c1-11-7-12(2)9-13(8-11)18(27)21-10-16(26)22-25-20(29)17-14-5-3-4-6-15(14)19(28)24-23-17/h3-9H,10H2,1-2H3,(H,21,27)(H,22,26)(H,24,28)(H,25,29). The number of benzene rings is 2. The predicted octanol–water partition coefficient (Wildman–Crippen LogP) is 0.731. The summed E-state index contributed by atoms with van der Waals surface area (Å²) in [4.78, 5) is 48.2. The summed E-state index contributed by atoms with van der Waals surface area (Å²) in [5.74, 6) is -1.72. The van der Waals surface area contributed by atoms with E-state index in [-0.39, 0.29) is 12.2 Å². The second-order valence-electron chi connectivity index (χ2n) is 6.51. The molecule has 9 nitrogen and oxygen atoms in total. The lowest BCUT2D eigenvalue weighted by Crippen LogP contribution is -2.46. The highest BCUT2D eigenvalue weighted by Gasteiger charge is 2.15. The van der Waals surface area contributed by atoms with Crippen LogP contribution < -0.4 is 21.7 Å². The molecule has 0 spiro atoms. The van der Waals surface area contributed by atoms with Crippen molar-refractivity contribution in [3.63, 3.8) is 0 Å². The first kappa shape index (κ1) is 19.7. The zero-order valence-corrected chi connectivity index (χ0v) is 15.8. The van der Waals surface area contributed by atoms with Crippen LogP contribution in [-0.4, -0.2) is 34.5 Å². The number of aromatic nitrogens is 2. The van der Waals surface area contributed by atoms with Gasteiger partial charge in [-0.2, -0.15) is 5.10 Å². The number of aryl methyl sites for hydroxylation is 2. The fourth-order valence-electron chi connectivity index (χ4n) is 2.89. The Balaban J connectivity index is 1.58. The topological polar surface area (TPSA) is 133 Å². The number of nitrogens with zero attached hydrogens (tertiary/aromatic N) is 1. The van der Waals surface area contributed by atoms with Gasteiger partial charge in [0.05, 0.1) is 11.9 Å². The second kappa shape index (κ2) is 8.34. The maximum absolute atomic E-state index is 12.3. The van der Waals surface area contributed by atoms with Crippen LogP contribution in [0.15, 0.2) is 47.3 Å². The van der Waals surface area contributed by atoms with Crippen molar-refractivity contribution in [2.24, 2.45) is 0 Å². The number of nitrogens with one attached hydrogen (secondary N) is 4. The Labute approximate surface area is 165 Å². The van der Waals surface area contributed by atoms with Crippen molar-refractivity contribution in [1.82, 2.24) is 26.4 Å². The lowest BCUT2D eigenvalue weighted by molar-refractivity contribution is -0.120. The highest BCUT2D eigenvalue weighted by Crippen LogP contribution is 2.12. The molecule has 0 aliphatic heterocycles. The molecule has 1 heterocycles. The number of hydrogen-bond donors (Lipinski definition) is 4. The number of fused-ring (bicyclic) bond motifs is 1. The quantitative estimate of drug-likeness (QED) is 0.485. The normalized spacial score (nSPS) is 10.4. The van der Waals surface area contributed by atoms with Crippen LogP contribution in [0.25, 0.3) is 10.8 Å². The molecule has 0 fully saturated rings. The van der Waals surface area contributed by atoms with E-state index in [2.05, 4.69) is 26.4 Å². The average Bonchev–Trinajstić information content (AvgIpc) is 2.70. The summed E-state index contributed by atoms with van der Waals surface area (Å²) in [6.07, 6.45) is 0. The molecule has 9 heteroatoms. The molecule has 0 saturated heterocycles. The fraction of sp³-hybridized carbons (Fsp3) is 0.150. The van der Waals surface area contributed by atoms with Crippen LogP contribution >= 0.6 is 0 Å². The molecule has 3 rings (SSSR count). The maximum atomic E-state index is 12.3. The van der Waals surface area contributed by atoms with Crippen LogP contribution in [0.3, 0.4) is 0 Å². The van der Waals surface area contributed by atoms with Gasteiger partial charge in [0.25, 0.3) is 23.3 Å². The molecule has 1 aromatic heterocycles. The maximum Gasteiger partial charge on any atom is 0.290 e. The molecule has 2 aromatic carbocycles. The first-order valence-corrected chi connectivity index (χ1v) is 8.78. The first-order valence-electron chi connectivity index (χ1n) is 8.78. The largest absolute Gasteiger partial charge is 0.343 e. The number of carbonyl (C=O) groups is 3. The van der Waals surface area contributed by atoms with Crippen molar-refractivity contribution < 1.29 is 14.4 Å². The number of rotatable bonds is 4. The van der Waals surface area contributed by atoms with Gasteiger partial charge in [0.1, 0.15) is 0 Å². The third-order valence-electron chi connectivity index (χ3n) is 4.12. The summed E-state index contributed by atoms with van der Waals surface area (Å²) >= 11 is 0. The van der Waals surface area contributed by atoms with E-state index in [0.29, 0.717) is 16.3 Å². The van der Waals surface area contributed by atoms with E-state index in [1.54, 1.807) is 36.4 Å². The molecule has 0 aliphatic rings. The van der Waals surface area contributed by atoms with Gasteiger partial charge in [-0.25, -0.2) is 5.10 Å². The minimum Gasteiger partial charge on any atom is -0.343 e. The van der Waals surface area contributed by atoms with Gasteiger partial charge in [0.2, 0.25) is 0 Å². The van der Waals surface area contributed by atoms with Crippen molar-refractivity contribution >= 4 is 28.5 Å². The molecule has 0 unspecified atom stereocenters. The third kappa shape index (κ3) is 4.64. The van der Waals surface area contributed by atoms with E-state index >= 15 is 0 Å². The van der Waals surface area contributed by atoms with Gasteiger partial charge in [0.15, 0.2) is 5.69 Å². The third-order valence-corrected chi connectivity index (χ3v) is 4.12. The lowest BCUT2D eigenvalue weighted by atomic mass is 10.1. The van der Waals surface area contributed by atoms with E-state index in [1.807, 2.05) is 19.9 Å². The summed E-state index contributed by atoms with van der Waals surface area (Å²) < 4.78 is 0. The average molecular weight is 393 g/mol. The van der Waals surface area contributed by atoms with Gasteiger partial charge in [-0.15, -0.1) is 0 Å². The number of H-pyrrole nitrogens is 1. The van der Waals surface area contributed by atoms with Crippen molar-refractivity contribution in [3.05, 3.63) is 75.2 Å². The molecule has 3 aromatic rings. The molecule has 148 valence electrons. The molecule has 0 aliphatic carbocycles. The minimum atomic E-state index is -0.702. The Morgan fingerprint density at radius 2 is 1.59 bits per heavy atom. The molecular weight excluding hydrogens is 374 g/mol. The summed E-state index contributed by atoms with van der Waals surface area (Å²) in [5, 5.41) is 9.13. The number of carbonyl (C=O) groups excluding carboxylic acids is 3. The Kier molecular flexibility index (Phi) is 5.68. The monoisotopic (exact) mass is 393 g/mol. The molecule has 3 amide bonds. The first-order chi connectivity index (χ1) is 13.8. The van der Waals surface area contributed by atoms with Gasteiger partial charge in [0, 0.05) is 10.9 Å². The minimum absolute atomic E-state index is 0.0419. The van der Waals surface area contributed by atoms with E-state index in [4.69, 9.17) is 0 Å². The zero-order chi connectivity index (χ0) is 21.0. The molecule has 4 N–H and O–H groups in total. The van der Waals surface area contributed by atoms with Gasteiger partial charge in [-0.3, -0.25) is 30.0 Å². The van der Waals surface area contributed by atoms with Crippen LogP contribution in [0.1, 0.15) is 32.0 Å². The Bertz CT molecular complexity index is 1150. The summed E-state index contributed by atoms with van der Waals surface area (Å²) in [6, 6.07) is 11.9. The summed E-state index contributed by atoms with van der Waals surface area (Å²) in [7, 11) is 0. The summed E-state index contributed by atoms with van der Waals surface area (Å²) in [5.41, 5.74) is 6.28. The van der Waals surface area contributed by atoms with E-state index in [9.17, 15) is 19.2 Å². The van der Waals surface area contributed by atoms with Crippen LogP contribution in [0.2, 0.25) is 0 Å². The van der Waals surface area contributed by atoms with E-state index in [0.717, 1.165) is 11.1 Å². The lowest BCUT2D eigenvalue weighted by Gasteiger charge is -2.10. The van der Waals surface area contributed by atoms with E-state index in [1.165, 1.54) is 0 Å². The van der Waals surface area contributed by atoms with Crippen LogP contribution in [0.5, 0.6) is 0 Å². The second-order valence-corrected chi connectivity index (χ2v) is 6.51. The molecule has 0 radical (unpaired) electrons. The highest BCUT2D eigenvalue weighted by molar-refractivity contribution is 6.05.